The maximum atomic E-state index is 12.5. The molecule has 0 aliphatic carbocycles. The number of nitrogens with zero attached hydrogens (tertiary/aromatic N) is 1. The molecular formula is C20H33N3O4S. The monoisotopic (exact) mass is 411 g/mol. The van der Waals surface area contributed by atoms with E-state index in [1.165, 1.54) is 0 Å². The molecule has 7 nitrogen and oxygen atoms in total. The van der Waals surface area contributed by atoms with Gasteiger partial charge in [0.25, 0.3) is 0 Å². The van der Waals surface area contributed by atoms with Crippen LogP contribution in [-0.4, -0.2) is 56.4 Å². The zero-order valence-electron chi connectivity index (χ0n) is 17.7. The van der Waals surface area contributed by atoms with Gasteiger partial charge in [0.2, 0.25) is 10.0 Å². The van der Waals surface area contributed by atoms with Gasteiger partial charge in [-0.15, -0.1) is 0 Å². The molecule has 8 heteroatoms. The van der Waals surface area contributed by atoms with Gasteiger partial charge in [-0.1, -0.05) is 26.0 Å². The number of nitrogens with one attached hydrogen (secondary N) is 2. The molecule has 28 heavy (non-hydrogen) atoms. The molecule has 0 bridgehead atoms. The second-order valence-electron chi connectivity index (χ2n) is 8.75. The summed E-state index contributed by atoms with van der Waals surface area (Å²) in [4.78, 5) is 14.2. The fraction of sp³-hybridized carbons (Fsp3) is 0.650. The molecule has 1 amide bonds. The maximum Gasteiger partial charge on any atom is 0.410 e. The Morgan fingerprint density at radius 2 is 1.96 bits per heavy atom. The van der Waals surface area contributed by atoms with Crippen molar-refractivity contribution in [1.82, 2.24) is 10.2 Å². The lowest BCUT2D eigenvalue weighted by molar-refractivity contribution is 0.0167. The molecule has 2 N–H and O–H groups in total. The predicted octanol–water partition coefficient (Wildman–Crippen LogP) is 3.15. The number of carbonyl (C=O) groups excluding carboxylic acids is 1. The number of hydrogen-bond acceptors (Lipinski definition) is 5. The Balaban J connectivity index is 2.20. The lowest BCUT2D eigenvalue weighted by Crippen LogP contribution is -2.54. The molecule has 1 heterocycles. The van der Waals surface area contributed by atoms with Gasteiger partial charge >= 0.3 is 6.09 Å². The summed E-state index contributed by atoms with van der Waals surface area (Å²) in [6, 6.07) is 7.79. The maximum absolute atomic E-state index is 12.5. The third-order valence-electron chi connectivity index (χ3n) is 4.43. The van der Waals surface area contributed by atoms with E-state index in [1.807, 2.05) is 39.0 Å². The molecule has 1 aromatic carbocycles. The van der Waals surface area contributed by atoms with Gasteiger partial charge in [-0.2, -0.15) is 0 Å². The number of ether oxygens (including phenoxy) is 1. The van der Waals surface area contributed by atoms with Crippen molar-refractivity contribution in [1.29, 1.82) is 0 Å². The van der Waals surface area contributed by atoms with Gasteiger partial charge < -0.3 is 15.0 Å². The molecule has 1 fully saturated rings. The van der Waals surface area contributed by atoms with E-state index in [4.69, 9.17) is 4.74 Å². The highest BCUT2D eigenvalue weighted by Gasteiger charge is 2.34. The summed E-state index contributed by atoms with van der Waals surface area (Å²) in [5.74, 6) is 0.169. The molecule has 158 valence electrons. The first-order valence-electron chi connectivity index (χ1n) is 9.66. The summed E-state index contributed by atoms with van der Waals surface area (Å²) in [6.07, 6.45) is 1.61. The SMILES string of the molecule is CC(C)NC1CN(C(=O)OC(C)(C)C)CC[C@@H]1c1cccc(NS(C)(=O)=O)c1. The number of carbonyl (C=O) groups is 1. The van der Waals surface area contributed by atoms with Crippen molar-refractivity contribution < 1.29 is 17.9 Å². The van der Waals surface area contributed by atoms with Crippen LogP contribution in [0.3, 0.4) is 0 Å². The summed E-state index contributed by atoms with van der Waals surface area (Å²) < 4.78 is 31.2. The average molecular weight is 412 g/mol. The Kier molecular flexibility index (Phi) is 6.98. The fourth-order valence-corrected chi connectivity index (χ4v) is 4.04. The summed E-state index contributed by atoms with van der Waals surface area (Å²) >= 11 is 0. The van der Waals surface area contributed by atoms with Crippen LogP contribution in [0.4, 0.5) is 10.5 Å². The van der Waals surface area contributed by atoms with Crippen LogP contribution in [0.1, 0.15) is 52.5 Å². The van der Waals surface area contributed by atoms with Gasteiger partial charge in [-0.25, -0.2) is 13.2 Å². The van der Waals surface area contributed by atoms with Crippen LogP contribution in [0, 0.1) is 0 Å². The van der Waals surface area contributed by atoms with E-state index in [-0.39, 0.29) is 24.1 Å². The third kappa shape index (κ3) is 6.98. The zero-order valence-corrected chi connectivity index (χ0v) is 18.5. The van der Waals surface area contributed by atoms with Crippen LogP contribution < -0.4 is 10.0 Å². The number of piperidine rings is 1. The van der Waals surface area contributed by atoms with Gasteiger partial charge in [0.1, 0.15) is 5.60 Å². The first-order valence-corrected chi connectivity index (χ1v) is 11.5. The Labute approximate surface area is 168 Å². The number of hydrogen-bond donors (Lipinski definition) is 2. The number of sulfonamides is 1. The van der Waals surface area contributed by atoms with Gasteiger partial charge in [-0.3, -0.25) is 4.72 Å². The Bertz CT molecular complexity index is 787. The lowest BCUT2D eigenvalue weighted by atomic mass is 9.85. The summed E-state index contributed by atoms with van der Waals surface area (Å²) in [7, 11) is -3.33. The van der Waals surface area contributed by atoms with Crippen molar-refractivity contribution >= 4 is 21.8 Å². The van der Waals surface area contributed by atoms with Gasteiger partial charge in [-0.05, 0) is 44.9 Å². The smallest absolute Gasteiger partial charge is 0.410 e. The molecule has 1 aromatic rings. The Morgan fingerprint density at radius 3 is 2.54 bits per heavy atom. The first-order chi connectivity index (χ1) is 12.8. The molecule has 0 aromatic heterocycles. The van der Waals surface area contributed by atoms with Crippen LogP contribution in [0.2, 0.25) is 0 Å². The molecule has 0 spiro atoms. The van der Waals surface area contributed by atoms with E-state index in [0.29, 0.717) is 18.8 Å². The van der Waals surface area contributed by atoms with Crippen molar-refractivity contribution in [3.05, 3.63) is 29.8 Å². The van der Waals surface area contributed by atoms with Crippen LogP contribution in [0.15, 0.2) is 24.3 Å². The van der Waals surface area contributed by atoms with Gasteiger partial charge in [0, 0.05) is 36.8 Å². The molecule has 1 aliphatic heterocycles. The molecule has 2 rings (SSSR count). The Hall–Kier alpha value is -1.80. The number of rotatable bonds is 5. The minimum Gasteiger partial charge on any atom is -0.444 e. The fourth-order valence-electron chi connectivity index (χ4n) is 3.49. The summed E-state index contributed by atoms with van der Waals surface area (Å²) in [5.41, 5.74) is 1.08. The van der Waals surface area contributed by atoms with Crippen molar-refractivity contribution in [2.75, 3.05) is 24.1 Å². The van der Waals surface area contributed by atoms with E-state index >= 15 is 0 Å². The van der Waals surface area contributed by atoms with Crippen LogP contribution in [-0.2, 0) is 14.8 Å². The molecular weight excluding hydrogens is 378 g/mol. The predicted molar refractivity (Wildman–Crippen MR) is 112 cm³/mol. The minimum atomic E-state index is -3.33. The van der Waals surface area contributed by atoms with E-state index in [0.717, 1.165) is 18.2 Å². The van der Waals surface area contributed by atoms with Crippen molar-refractivity contribution in [3.63, 3.8) is 0 Å². The molecule has 2 atom stereocenters. The number of benzene rings is 1. The normalized spacial score (nSPS) is 20.9. The lowest BCUT2D eigenvalue weighted by Gasteiger charge is -2.40. The van der Waals surface area contributed by atoms with E-state index in [9.17, 15) is 13.2 Å². The summed E-state index contributed by atoms with van der Waals surface area (Å²) in [5, 5.41) is 3.56. The van der Waals surface area contributed by atoms with Crippen molar-refractivity contribution in [3.8, 4) is 0 Å². The van der Waals surface area contributed by atoms with E-state index < -0.39 is 15.6 Å². The molecule has 0 radical (unpaired) electrons. The highest BCUT2D eigenvalue weighted by molar-refractivity contribution is 7.92. The molecule has 1 aliphatic rings. The first kappa shape index (κ1) is 22.5. The topological polar surface area (TPSA) is 87.7 Å². The summed E-state index contributed by atoms with van der Waals surface area (Å²) in [6.45, 7) is 10.9. The number of amides is 1. The highest BCUT2D eigenvalue weighted by atomic mass is 32.2. The Morgan fingerprint density at radius 1 is 1.29 bits per heavy atom. The average Bonchev–Trinajstić information content (AvgIpc) is 2.51. The highest BCUT2D eigenvalue weighted by Crippen LogP contribution is 2.31. The van der Waals surface area contributed by atoms with Gasteiger partial charge in [0.15, 0.2) is 0 Å². The van der Waals surface area contributed by atoms with Gasteiger partial charge in [0.05, 0.1) is 6.26 Å². The standard InChI is InChI=1S/C20H33N3O4S/c1-14(2)21-18-13-23(19(24)27-20(3,4)5)11-10-17(18)15-8-7-9-16(12-15)22-28(6,25)26/h7-9,12,14,17-18,21-22H,10-11,13H2,1-6H3/t17-,18?/m1/s1. The van der Waals surface area contributed by atoms with Crippen molar-refractivity contribution in [2.45, 2.75) is 64.6 Å². The number of likely N-dealkylation sites (tertiary alicyclic amines) is 1. The number of anilines is 1. The molecule has 1 unspecified atom stereocenters. The molecule has 0 saturated carbocycles. The largest absolute Gasteiger partial charge is 0.444 e. The van der Waals surface area contributed by atoms with E-state index in [2.05, 4.69) is 23.9 Å². The van der Waals surface area contributed by atoms with Crippen molar-refractivity contribution in [2.24, 2.45) is 0 Å². The van der Waals surface area contributed by atoms with E-state index in [1.54, 1.807) is 11.0 Å². The molecule has 1 saturated heterocycles. The second kappa shape index (κ2) is 8.69. The van der Waals surface area contributed by atoms with Crippen LogP contribution in [0.25, 0.3) is 0 Å². The zero-order chi connectivity index (χ0) is 21.1. The third-order valence-corrected chi connectivity index (χ3v) is 5.04. The van der Waals surface area contributed by atoms with Crippen LogP contribution in [0.5, 0.6) is 0 Å². The quantitative estimate of drug-likeness (QED) is 0.777. The van der Waals surface area contributed by atoms with Crippen LogP contribution >= 0.6 is 0 Å². The second-order valence-corrected chi connectivity index (χ2v) is 10.5. The minimum absolute atomic E-state index is 0.0507.